The van der Waals surface area contributed by atoms with E-state index < -0.39 is 5.82 Å². The maximum atomic E-state index is 14.7. The van der Waals surface area contributed by atoms with Gasteiger partial charge in [0, 0.05) is 30.7 Å². The minimum atomic E-state index is -0.433. The summed E-state index contributed by atoms with van der Waals surface area (Å²) in [5.41, 5.74) is 0.782. The molecule has 32 heavy (non-hydrogen) atoms. The molecule has 6 heteroatoms. The van der Waals surface area contributed by atoms with Gasteiger partial charge in [-0.15, -0.1) is 0 Å². The first kappa shape index (κ1) is 22.0. The third-order valence-electron chi connectivity index (χ3n) is 4.67. The fraction of sp³-hybridized carbons (Fsp3) is 0.0385. The van der Waals surface area contributed by atoms with Crippen molar-refractivity contribution in [2.75, 3.05) is 7.11 Å². The lowest BCUT2D eigenvalue weighted by molar-refractivity contribution is 0.103. The molecule has 0 unspecified atom stereocenters. The number of carbonyl (C=O) groups is 1. The average molecular weight is 463 g/mol. The summed E-state index contributed by atoms with van der Waals surface area (Å²) in [7, 11) is 1.56. The Morgan fingerprint density at radius 2 is 1.28 bits per heavy atom. The van der Waals surface area contributed by atoms with E-state index in [1.165, 1.54) is 17.8 Å². The Balaban J connectivity index is 1.44. The molecule has 0 bridgehead atoms. The molecule has 0 spiro atoms. The quantitative estimate of drug-likeness (QED) is 0.298. The van der Waals surface area contributed by atoms with Gasteiger partial charge in [-0.3, -0.25) is 4.79 Å². The van der Waals surface area contributed by atoms with Crippen molar-refractivity contribution >= 4 is 29.3 Å². The highest BCUT2D eigenvalue weighted by Crippen LogP contribution is 2.34. The van der Waals surface area contributed by atoms with E-state index in [1.807, 2.05) is 36.4 Å². The lowest BCUT2D eigenvalue weighted by atomic mass is 10.0. The molecule has 0 aromatic heterocycles. The monoisotopic (exact) mass is 462 g/mol. The fourth-order valence-electron chi connectivity index (χ4n) is 2.99. The van der Waals surface area contributed by atoms with Gasteiger partial charge in [0.1, 0.15) is 17.3 Å². The number of hydrogen-bond donors (Lipinski definition) is 1. The molecule has 160 valence electrons. The lowest BCUT2D eigenvalue weighted by Gasteiger charge is -2.08. The number of ether oxygens (including phenoxy) is 1. The van der Waals surface area contributed by atoms with Gasteiger partial charge in [0.25, 0.3) is 0 Å². The molecule has 0 atom stereocenters. The molecular formula is C26H19FO3S2. The third kappa shape index (κ3) is 5.33. The predicted molar refractivity (Wildman–Crippen MR) is 126 cm³/mol. The van der Waals surface area contributed by atoms with Crippen LogP contribution in [0.5, 0.6) is 11.5 Å². The average Bonchev–Trinajstić information content (AvgIpc) is 2.82. The van der Waals surface area contributed by atoms with E-state index in [1.54, 1.807) is 67.4 Å². The zero-order valence-corrected chi connectivity index (χ0v) is 18.8. The van der Waals surface area contributed by atoms with E-state index in [0.29, 0.717) is 21.8 Å². The molecule has 0 saturated heterocycles. The summed E-state index contributed by atoms with van der Waals surface area (Å²) in [5, 5.41) is 9.38. The second-order valence-electron chi connectivity index (χ2n) is 6.87. The van der Waals surface area contributed by atoms with Crippen LogP contribution in [0.1, 0.15) is 15.9 Å². The van der Waals surface area contributed by atoms with Crippen LogP contribution in [0, 0.1) is 5.82 Å². The van der Waals surface area contributed by atoms with Crippen LogP contribution < -0.4 is 4.74 Å². The van der Waals surface area contributed by atoms with Crippen molar-refractivity contribution in [3.63, 3.8) is 0 Å². The summed E-state index contributed by atoms with van der Waals surface area (Å²) in [4.78, 5) is 16.1. The molecule has 3 nitrogen and oxygen atoms in total. The first-order chi connectivity index (χ1) is 15.5. The SMILES string of the molecule is COc1ccc(C(=O)c2ccc(Sc3ccc(Sc4ccc(O)cc4)cc3)c(F)c2)cc1. The molecule has 4 aromatic rings. The van der Waals surface area contributed by atoms with Crippen molar-refractivity contribution in [2.45, 2.75) is 19.6 Å². The summed E-state index contributed by atoms with van der Waals surface area (Å²) in [5.74, 6) is 0.224. The zero-order chi connectivity index (χ0) is 22.5. The van der Waals surface area contributed by atoms with Crippen LogP contribution in [0.2, 0.25) is 0 Å². The molecular weight excluding hydrogens is 443 g/mol. The van der Waals surface area contributed by atoms with Gasteiger partial charge in [0.2, 0.25) is 0 Å². The van der Waals surface area contributed by atoms with Crippen LogP contribution in [-0.4, -0.2) is 18.0 Å². The number of carbonyl (C=O) groups excluding carboxylic acids is 1. The Morgan fingerprint density at radius 1 is 0.750 bits per heavy atom. The summed E-state index contributed by atoms with van der Waals surface area (Å²) >= 11 is 2.89. The normalized spacial score (nSPS) is 10.7. The number of hydrogen-bond acceptors (Lipinski definition) is 5. The van der Waals surface area contributed by atoms with Gasteiger partial charge < -0.3 is 9.84 Å². The van der Waals surface area contributed by atoms with E-state index >= 15 is 0 Å². The lowest BCUT2D eigenvalue weighted by Crippen LogP contribution is -2.02. The number of rotatable bonds is 7. The van der Waals surface area contributed by atoms with E-state index in [0.717, 1.165) is 14.7 Å². The van der Waals surface area contributed by atoms with Gasteiger partial charge in [-0.1, -0.05) is 23.5 Å². The molecule has 0 radical (unpaired) electrons. The van der Waals surface area contributed by atoms with Crippen molar-refractivity contribution in [1.29, 1.82) is 0 Å². The maximum absolute atomic E-state index is 14.7. The van der Waals surface area contributed by atoms with Crippen LogP contribution in [0.3, 0.4) is 0 Å². The van der Waals surface area contributed by atoms with Gasteiger partial charge in [0.15, 0.2) is 5.78 Å². The van der Waals surface area contributed by atoms with Gasteiger partial charge in [0.05, 0.1) is 7.11 Å². The van der Waals surface area contributed by atoms with E-state index in [2.05, 4.69) is 0 Å². The predicted octanol–water partition coefficient (Wildman–Crippen LogP) is 7.07. The molecule has 0 saturated carbocycles. The van der Waals surface area contributed by atoms with Crippen molar-refractivity contribution in [3.8, 4) is 11.5 Å². The van der Waals surface area contributed by atoms with Crippen LogP contribution in [-0.2, 0) is 0 Å². The highest BCUT2D eigenvalue weighted by Gasteiger charge is 2.13. The van der Waals surface area contributed by atoms with Gasteiger partial charge >= 0.3 is 0 Å². The number of benzene rings is 4. The first-order valence-electron chi connectivity index (χ1n) is 9.75. The highest BCUT2D eigenvalue weighted by molar-refractivity contribution is 7.99. The summed E-state index contributed by atoms with van der Waals surface area (Å²) in [6.45, 7) is 0. The van der Waals surface area contributed by atoms with Crippen molar-refractivity contribution in [2.24, 2.45) is 0 Å². The topological polar surface area (TPSA) is 46.5 Å². The Labute approximate surface area is 194 Å². The molecule has 0 amide bonds. The number of halogens is 1. The number of aromatic hydroxyl groups is 1. The smallest absolute Gasteiger partial charge is 0.193 e. The Morgan fingerprint density at radius 3 is 1.84 bits per heavy atom. The van der Waals surface area contributed by atoms with Crippen LogP contribution >= 0.6 is 23.5 Å². The largest absolute Gasteiger partial charge is 0.508 e. The van der Waals surface area contributed by atoms with Gasteiger partial charge in [-0.2, -0.15) is 0 Å². The van der Waals surface area contributed by atoms with Crippen molar-refractivity contribution in [3.05, 3.63) is 108 Å². The van der Waals surface area contributed by atoms with E-state index in [9.17, 15) is 14.3 Å². The van der Waals surface area contributed by atoms with Crippen LogP contribution in [0.25, 0.3) is 0 Å². The second-order valence-corrected chi connectivity index (χ2v) is 9.13. The molecule has 1 N–H and O–H groups in total. The number of phenolic OH excluding ortho intramolecular Hbond substituents is 1. The van der Waals surface area contributed by atoms with Crippen molar-refractivity contribution in [1.82, 2.24) is 0 Å². The molecule has 4 rings (SSSR count). The highest BCUT2D eigenvalue weighted by atomic mass is 32.2. The van der Waals surface area contributed by atoms with Crippen LogP contribution in [0.4, 0.5) is 4.39 Å². The van der Waals surface area contributed by atoms with Gasteiger partial charge in [-0.25, -0.2) is 4.39 Å². The van der Waals surface area contributed by atoms with E-state index in [-0.39, 0.29) is 11.5 Å². The second kappa shape index (κ2) is 9.94. The number of phenols is 1. The summed E-state index contributed by atoms with van der Waals surface area (Å²) in [6, 6.07) is 26.1. The molecule has 0 fully saturated rings. The number of ketones is 1. The molecule has 0 aliphatic carbocycles. The summed E-state index contributed by atoms with van der Waals surface area (Å²) < 4.78 is 19.8. The Bertz CT molecular complexity index is 1220. The molecule has 0 aliphatic rings. The standard InChI is InChI=1S/C26H19FO3S2/c1-30-20-7-2-17(3-8-20)26(29)18-4-15-25(24(27)16-18)32-23-13-11-22(12-14-23)31-21-9-5-19(28)6-10-21/h2-16,28H,1H3. The maximum Gasteiger partial charge on any atom is 0.193 e. The zero-order valence-electron chi connectivity index (χ0n) is 17.1. The molecule has 0 heterocycles. The Kier molecular flexibility index (Phi) is 6.83. The van der Waals surface area contributed by atoms with E-state index in [4.69, 9.17) is 4.74 Å². The first-order valence-corrected chi connectivity index (χ1v) is 11.4. The Hall–Kier alpha value is -3.22. The molecule has 0 aliphatic heterocycles. The molecule has 4 aromatic carbocycles. The van der Waals surface area contributed by atoms with Crippen molar-refractivity contribution < 1.29 is 19.0 Å². The minimum Gasteiger partial charge on any atom is -0.508 e. The summed E-state index contributed by atoms with van der Waals surface area (Å²) in [6.07, 6.45) is 0. The minimum absolute atomic E-state index is 0.236. The van der Waals surface area contributed by atoms with Crippen LogP contribution in [0.15, 0.2) is 111 Å². The fourth-order valence-corrected chi connectivity index (χ4v) is 4.62. The number of methoxy groups -OCH3 is 1. The van der Waals surface area contributed by atoms with Gasteiger partial charge in [-0.05, 0) is 91.0 Å². The third-order valence-corrected chi connectivity index (χ3v) is 6.74.